The molecule has 0 saturated carbocycles. The van der Waals surface area contributed by atoms with Crippen molar-refractivity contribution in [3.05, 3.63) is 48.1 Å². The molecule has 30 heavy (non-hydrogen) atoms. The number of nitrogens with one attached hydrogen (secondary N) is 2. The van der Waals surface area contributed by atoms with E-state index in [0.717, 1.165) is 6.42 Å². The predicted octanol–water partition coefficient (Wildman–Crippen LogP) is 3.10. The van der Waals surface area contributed by atoms with Crippen LogP contribution >= 0.6 is 0 Å². The highest BCUT2D eigenvalue weighted by atomic mass is 16.5. The Hall–Kier alpha value is -3.07. The highest BCUT2D eigenvalue weighted by Crippen LogP contribution is 2.22. The van der Waals surface area contributed by atoms with Crippen LogP contribution in [0.25, 0.3) is 11.6 Å². The maximum absolute atomic E-state index is 12.4. The lowest BCUT2D eigenvalue weighted by Crippen LogP contribution is -2.29. The van der Waals surface area contributed by atoms with E-state index in [1.165, 1.54) is 11.9 Å². The molecule has 3 rings (SSSR count). The molecular weight excluding hydrogens is 384 g/mol. The van der Waals surface area contributed by atoms with Gasteiger partial charge in [-0.05, 0) is 30.7 Å². The number of aromatic nitrogens is 5. The second kappa shape index (κ2) is 11.2. The molecule has 9 heteroatoms. The highest BCUT2D eigenvalue weighted by molar-refractivity contribution is 5.76. The van der Waals surface area contributed by atoms with E-state index in [1.807, 2.05) is 18.2 Å². The third-order valence-electron chi connectivity index (χ3n) is 4.48. The first-order valence-corrected chi connectivity index (χ1v) is 10.2. The summed E-state index contributed by atoms with van der Waals surface area (Å²) in [5, 5.41) is 13.4. The smallest absolute Gasteiger partial charge is 0.249 e. The SMILES string of the molecule is CC(C)C[C@H](NC(=O)CCCOCCc1ccccc1)c1nc(-c2ncn[nH]2)no1. The van der Waals surface area contributed by atoms with Crippen LogP contribution in [0.5, 0.6) is 0 Å². The molecule has 2 heterocycles. The Morgan fingerprint density at radius 3 is 2.80 bits per heavy atom. The maximum Gasteiger partial charge on any atom is 0.249 e. The third-order valence-corrected chi connectivity index (χ3v) is 4.48. The van der Waals surface area contributed by atoms with Crippen molar-refractivity contribution in [3.8, 4) is 11.6 Å². The minimum atomic E-state index is -0.347. The fourth-order valence-corrected chi connectivity index (χ4v) is 3.02. The molecule has 0 unspecified atom stereocenters. The fourth-order valence-electron chi connectivity index (χ4n) is 3.02. The van der Waals surface area contributed by atoms with Gasteiger partial charge in [-0.3, -0.25) is 9.89 Å². The molecule has 2 aromatic heterocycles. The van der Waals surface area contributed by atoms with Crippen molar-refractivity contribution in [2.45, 2.75) is 45.6 Å². The number of hydrogen-bond donors (Lipinski definition) is 2. The van der Waals surface area contributed by atoms with Gasteiger partial charge in [-0.25, -0.2) is 4.98 Å². The van der Waals surface area contributed by atoms with Gasteiger partial charge in [0.2, 0.25) is 17.6 Å². The van der Waals surface area contributed by atoms with Crippen molar-refractivity contribution < 1.29 is 14.1 Å². The molecule has 160 valence electrons. The first kappa shape index (κ1) is 21.6. The van der Waals surface area contributed by atoms with Gasteiger partial charge in [0.25, 0.3) is 0 Å². The van der Waals surface area contributed by atoms with Gasteiger partial charge in [0.15, 0.2) is 5.82 Å². The summed E-state index contributed by atoms with van der Waals surface area (Å²) < 4.78 is 11.0. The molecule has 0 aliphatic heterocycles. The third kappa shape index (κ3) is 6.77. The lowest BCUT2D eigenvalue weighted by atomic mass is 10.0. The number of benzene rings is 1. The summed E-state index contributed by atoms with van der Waals surface area (Å²) in [4.78, 5) is 20.8. The number of rotatable bonds is 12. The van der Waals surface area contributed by atoms with Crippen LogP contribution in [-0.4, -0.2) is 44.4 Å². The monoisotopic (exact) mass is 412 g/mol. The Labute approximate surface area is 175 Å². The molecule has 0 fully saturated rings. The van der Waals surface area contributed by atoms with Gasteiger partial charge in [-0.1, -0.05) is 49.3 Å². The number of hydrogen-bond acceptors (Lipinski definition) is 7. The highest BCUT2D eigenvalue weighted by Gasteiger charge is 2.23. The van der Waals surface area contributed by atoms with Crippen LogP contribution < -0.4 is 5.32 Å². The number of H-pyrrole nitrogens is 1. The normalized spacial score (nSPS) is 12.2. The molecule has 1 atom stereocenters. The van der Waals surface area contributed by atoms with Crippen molar-refractivity contribution in [2.75, 3.05) is 13.2 Å². The second-order valence-electron chi connectivity index (χ2n) is 7.49. The number of ether oxygens (including phenoxy) is 1. The Morgan fingerprint density at radius 2 is 2.07 bits per heavy atom. The Bertz CT molecular complexity index is 879. The van der Waals surface area contributed by atoms with E-state index < -0.39 is 0 Å². The Morgan fingerprint density at radius 1 is 1.23 bits per heavy atom. The zero-order chi connectivity index (χ0) is 21.2. The van der Waals surface area contributed by atoms with Crippen molar-refractivity contribution in [2.24, 2.45) is 5.92 Å². The molecule has 0 aliphatic rings. The predicted molar refractivity (Wildman–Crippen MR) is 110 cm³/mol. The van der Waals surface area contributed by atoms with Crippen LogP contribution in [0.3, 0.4) is 0 Å². The minimum absolute atomic E-state index is 0.0632. The van der Waals surface area contributed by atoms with E-state index >= 15 is 0 Å². The molecule has 0 saturated heterocycles. The molecule has 1 aromatic carbocycles. The second-order valence-corrected chi connectivity index (χ2v) is 7.49. The first-order valence-electron chi connectivity index (χ1n) is 10.2. The van der Waals surface area contributed by atoms with Crippen molar-refractivity contribution >= 4 is 5.91 Å². The number of carbonyl (C=O) groups excluding carboxylic acids is 1. The quantitative estimate of drug-likeness (QED) is 0.439. The molecule has 0 radical (unpaired) electrons. The van der Waals surface area contributed by atoms with Crippen LogP contribution in [0.4, 0.5) is 0 Å². The van der Waals surface area contributed by atoms with Crippen LogP contribution in [0.15, 0.2) is 41.2 Å². The molecule has 0 bridgehead atoms. The lowest BCUT2D eigenvalue weighted by molar-refractivity contribution is -0.122. The minimum Gasteiger partial charge on any atom is -0.381 e. The van der Waals surface area contributed by atoms with Crippen LogP contribution in [-0.2, 0) is 16.0 Å². The average molecular weight is 412 g/mol. The Balaban J connectivity index is 1.42. The van der Waals surface area contributed by atoms with Crippen molar-refractivity contribution in [1.82, 2.24) is 30.6 Å². The van der Waals surface area contributed by atoms with Crippen LogP contribution in [0.1, 0.15) is 50.6 Å². The number of aromatic amines is 1. The zero-order valence-corrected chi connectivity index (χ0v) is 17.4. The summed E-state index contributed by atoms with van der Waals surface area (Å²) in [5.41, 5.74) is 1.25. The van der Waals surface area contributed by atoms with Gasteiger partial charge >= 0.3 is 0 Å². The topological polar surface area (TPSA) is 119 Å². The molecule has 3 aromatic rings. The van der Waals surface area contributed by atoms with E-state index in [1.54, 1.807) is 0 Å². The van der Waals surface area contributed by atoms with Crippen LogP contribution in [0.2, 0.25) is 0 Å². The van der Waals surface area contributed by atoms with E-state index in [2.05, 4.69) is 56.6 Å². The molecule has 0 aliphatic carbocycles. The van der Waals surface area contributed by atoms with Crippen molar-refractivity contribution in [1.29, 1.82) is 0 Å². The molecular formula is C21H28N6O3. The molecule has 2 N–H and O–H groups in total. The maximum atomic E-state index is 12.4. The Kier molecular flexibility index (Phi) is 8.08. The number of nitrogens with zero attached hydrogens (tertiary/aromatic N) is 4. The van der Waals surface area contributed by atoms with E-state index in [-0.39, 0.29) is 11.9 Å². The molecule has 0 spiro atoms. The molecule has 1 amide bonds. The van der Waals surface area contributed by atoms with E-state index in [4.69, 9.17) is 9.26 Å². The van der Waals surface area contributed by atoms with E-state index in [9.17, 15) is 4.79 Å². The summed E-state index contributed by atoms with van der Waals surface area (Å²) in [6.07, 6.45) is 3.97. The average Bonchev–Trinajstić information content (AvgIpc) is 3.42. The van der Waals surface area contributed by atoms with Gasteiger partial charge < -0.3 is 14.6 Å². The van der Waals surface area contributed by atoms with E-state index in [0.29, 0.717) is 55.9 Å². The van der Waals surface area contributed by atoms with Crippen molar-refractivity contribution in [3.63, 3.8) is 0 Å². The summed E-state index contributed by atoms with van der Waals surface area (Å²) in [6.45, 7) is 5.35. The first-order chi connectivity index (χ1) is 14.6. The van der Waals surface area contributed by atoms with Gasteiger partial charge in [-0.15, -0.1) is 0 Å². The van der Waals surface area contributed by atoms with Crippen LogP contribution in [0, 0.1) is 5.92 Å². The summed E-state index contributed by atoms with van der Waals surface area (Å²) in [7, 11) is 0. The number of carbonyl (C=O) groups is 1. The summed E-state index contributed by atoms with van der Waals surface area (Å²) in [6, 6.07) is 9.85. The lowest BCUT2D eigenvalue weighted by Gasteiger charge is -2.17. The number of amides is 1. The van der Waals surface area contributed by atoms with Gasteiger partial charge in [0.05, 0.1) is 6.61 Å². The van der Waals surface area contributed by atoms with Gasteiger partial charge in [0, 0.05) is 13.0 Å². The fraction of sp³-hybridized carbons (Fsp3) is 0.476. The zero-order valence-electron chi connectivity index (χ0n) is 17.4. The van der Waals surface area contributed by atoms with Gasteiger partial charge in [-0.2, -0.15) is 10.1 Å². The molecule has 9 nitrogen and oxygen atoms in total. The summed E-state index contributed by atoms with van der Waals surface area (Å²) in [5.74, 6) is 1.39. The standard InChI is InChI=1S/C21H28N6O3/c1-15(2)13-17(21-25-20(27-30-21)19-22-14-23-26-19)24-18(28)9-6-11-29-12-10-16-7-4-3-5-8-16/h3-5,7-8,14-15,17H,6,9-13H2,1-2H3,(H,24,28)(H,22,23,26)/t17-/m0/s1. The largest absolute Gasteiger partial charge is 0.381 e. The van der Waals surface area contributed by atoms with Gasteiger partial charge in [0.1, 0.15) is 12.4 Å². The summed E-state index contributed by atoms with van der Waals surface area (Å²) >= 11 is 0.